The zero-order chi connectivity index (χ0) is 7.11. The summed E-state index contributed by atoms with van der Waals surface area (Å²) < 4.78 is 0. The third kappa shape index (κ3) is 5.97. The van der Waals surface area contributed by atoms with Crippen LogP contribution in [-0.2, 0) is 0 Å². The van der Waals surface area contributed by atoms with Gasteiger partial charge in [0.05, 0.1) is 0 Å². The van der Waals surface area contributed by atoms with E-state index in [1.165, 1.54) is 19.3 Å². The van der Waals surface area contributed by atoms with Gasteiger partial charge in [-0.3, -0.25) is 0 Å². The Bertz CT molecular complexity index is 76.6. The maximum atomic E-state index is 2.46. The zero-order valence-electron chi connectivity index (χ0n) is 6.85. The summed E-state index contributed by atoms with van der Waals surface area (Å²) in [5.74, 6) is 0. The Labute approximate surface area is 61.1 Å². The third-order valence-corrected chi connectivity index (χ3v) is 3.18. The maximum absolute atomic E-state index is 2.46. The minimum Gasteiger partial charge on any atom is -0.106 e. The van der Waals surface area contributed by atoms with Gasteiger partial charge in [-0.05, 0) is 21.1 Å². The molecule has 1 heteroatoms. The van der Waals surface area contributed by atoms with E-state index < -0.39 is 0 Å². The Hall–Kier alpha value is 0.0869. The second-order valence-electron chi connectivity index (χ2n) is 2.60. The first-order chi connectivity index (χ1) is 4.31. The molecule has 0 radical (unpaired) electrons. The molecule has 0 spiro atoms. The van der Waals surface area contributed by atoms with E-state index in [9.17, 15) is 0 Å². The summed E-state index contributed by atoms with van der Waals surface area (Å²) in [7, 11) is 0.644. The fourth-order valence-electron chi connectivity index (χ4n) is 0.920. The Morgan fingerprint density at radius 2 is 2.11 bits per heavy atom. The van der Waals surface area contributed by atoms with E-state index in [1.54, 1.807) is 0 Å². The lowest BCUT2D eigenvalue weighted by atomic mass is 10.3. The molecule has 0 amide bonds. The molecule has 0 rings (SSSR count). The van der Waals surface area contributed by atoms with Gasteiger partial charge in [-0.25, -0.2) is 0 Å². The van der Waals surface area contributed by atoms with Crippen molar-refractivity contribution >= 4 is 14.8 Å². The van der Waals surface area contributed by atoms with Gasteiger partial charge in [-0.1, -0.05) is 33.6 Å². The molecule has 1 unspecified atom stereocenters. The van der Waals surface area contributed by atoms with Gasteiger partial charge in [0.2, 0.25) is 0 Å². The fraction of sp³-hybridized carbons (Fsp3) is 0.875. The lowest BCUT2D eigenvalue weighted by Gasteiger charge is -2.00. The average Bonchev–Trinajstić information content (AvgIpc) is 1.85. The van der Waals surface area contributed by atoms with E-state index in [0.29, 0.717) is 9.13 Å². The van der Waals surface area contributed by atoms with Gasteiger partial charge in [-0.15, -0.1) is 5.67 Å². The van der Waals surface area contributed by atoms with Gasteiger partial charge >= 0.3 is 0 Å². The van der Waals surface area contributed by atoms with Crippen molar-refractivity contribution in [2.75, 3.05) is 0 Å². The topological polar surface area (TPSA) is 0 Å². The standard InChI is InChI=1S/C8H18Si/c1-4-6-8(3)9-7-5-2/h7-9H,4-6H2,1-3H3. The molecule has 0 fully saturated rings. The Kier molecular flexibility index (Phi) is 6.27. The summed E-state index contributed by atoms with van der Waals surface area (Å²) in [4.78, 5) is 0. The molecule has 0 saturated heterocycles. The Morgan fingerprint density at radius 3 is 2.56 bits per heavy atom. The van der Waals surface area contributed by atoms with Gasteiger partial charge in [0.25, 0.3) is 0 Å². The molecular formula is C8H18Si. The van der Waals surface area contributed by atoms with Crippen LogP contribution in [0.3, 0.4) is 0 Å². The summed E-state index contributed by atoms with van der Waals surface area (Å²) in [5, 5.41) is 0. The molecule has 0 aromatic heterocycles. The molecule has 9 heavy (non-hydrogen) atoms. The van der Waals surface area contributed by atoms with Crippen molar-refractivity contribution in [3.63, 3.8) is 0 Å². The van der Waals surface area contributed by atoms with Crippen molar-refractivity contribution in [1.29, 1.82) is 0 Å². The summed E-state index contributed by atoms with van der Waals surface area (Å²) in [6.45, 7) is 6.86. The Morgan fingerprint density at radius 1 is 1.44 bits per heavy atom. The molecule has 0 aliphatic carbocycles. The summed E-state index contributed by atoms with van der Waals surface area (Å²) >= 11 is 0. The number of hydrogen-bond donors (Lipinski definition) is 0. The van der Waals surface area contributed by atoms with E-state index in [0.717, 1.165) is 5.54 Å². The predicted octanol–water partition coefficient (Wildman–Crippen LogP) is 2.24. The molecular weight excluding hydrogens is 124 g/mol. The quantitative estimate of drug-likeness (QED) is 0.528. The van der Waals surface area contributed by atoms with Crippen LogP contribution in [0, 0.1) is 0 Å². The lowest BCUT2D eigenvalue weighted by Crippen LogP contribution is -1.92. The SMILES string of the molecule is CCC=[SiH]C(C)CCC. The van der Waals surface area contributed by atoms with E-state index in [2.05, 4.69) is 26.4 Å². The molecule has 0 aliphatic heterocycles. The van der Waals surface area contributed by atoms with E-state index in [1.807, 2.05) is 0 Å². The van der Waals surface area contributed by atoms with Gasteiger partial charge in [0.1, 0.15) is 0 Å². The number of rotatable bonds is 4. The minimum atomic E-state index is 0.644. The first kappa shape index (κ1) is 9.09. The first-order valence-electron chi connectivity index (χ1n) is 3.97. The second kappa shape index (κ2) is 6.21. The van der Waals surface area contributed by atoms with Crippen molar-refractivity contribution in [2.45, 2.75) is 45.6 Å². The van der Waals surface area contributed by atoms with Crippen molar-refractivity contribution in [3.05, 3.63) is 0 Å². The molecule has 54 valence electrons. The molecule has 0 nitrogen and oxygen atoms in total. The van der Waals surface area contributed by atoms with Gasteiger partial charge in [0, 0.05) is 0 Å². The summed E-state index contributed by atoms with van der Waals surface area (Å²) in [6, 6.07) is 0. The summed E-state index contributed by atoms with van der Waals surface area (Å²) in [6.07, 6.45) is 4.04. The van der Waals surface area contributed by atoms with Crippen LogP contribution in [-0.4, -0.2) is 14.8 Å². The van der Waals surface area contributed by atoms with Crippen LogP contribution in [0.4, 0.5) is 0 Å². The molecule has 0 heterocycles. The highest BCUT2D eigenvalue weighted by Gasteiger charge is 1.91. The van der Waals surface area contributed by atoms with E-state index >= 15 is 0 Å². The lowest BCUT2D eigenvalue weighted by molar-refractivity contribution is 0.768. The van der Waals surface area contributed by atoms with Gasteiger partial charge < -0.3 is 0 Å². The first-order valence-corrected chi connectivity index (χ1v) is 5.31. The van der Waals surface area contributed by atoms with Gasteiger partial charge in [0.15, 0.2) is 0 Å². The zero-order valence-corrected chi connectivity index (χ0v) is 8.01. The summed E-state index contributed by atoms with van der Waals surface area (Å²) in [5.41, 5.74) is 3.45. The Balaban J connectivity index is 3.25. The molecule has 0 aromatic rings. The van der Waals surface area contributed by atoms with Crippen molar-refractivity contribution < 1.29 is 0 Å². The molecule has 1 atom stereocenters. The van der Waals surface area contributed by atoms with E-state index in [-0.39, 0.29) is 0 Å². The van der Waals surface area contributed by atoms with Gasteiger partial charge in [-0.2, -0.15) is 0 Å². The molecule has 0 saturated carbocycles. The maximum Gasteiger partial charge on any atom is -0.00890 e. The highest BCUT2D eigenvalue weighted by atomic mass is 28.2. The van der Waals surface area contributed by atoms with Crippen LogP contribution in [0.25, 0.3) is 0 Å². The number of hydrogen-bond acceptors (Lipinski definition) is 0. The van der Waals surface area contributed by atoms with Crippen LogP contribution >= 0.6 is 0 Å². The van der Waals surface area contributed by atoms with Crippen molar-refractivity contribution in [1.82, 2.24) is 0 Å². The minimum absolute atomic E-state index is 0.644. The predicted molar refractivity (Wildman–Crippen MR) is 47.8 cm³/mol. The smallest absolute Gasteiger partial charge is 0.00890 e. The van der Waals surface area contributed by atoms with Crippen LogP contribution < -0.4 is 0 Å². The van der Waals surface area contributed by atoms with Crippen LogP contribution in [0.2, 0.25) is 5.54 Å². The van der Waals surface area contributed by atoms with E-state index in [4.69, 9.17) is 0 Å². The molecule has 0 aliphatic rings. The van der Waals surface area contributed by atoms with Crippen LogP contribution in [0.1, 0.15) is 40.0 Å². The molecule has 0 N–H and O–H groups in total. The molecule has 0 aromatic carbocycles. The monoisotopic (exact) mass is 142 g/mol. The van der Waals surface area contributed by atoms with Crippen molar-refractivity contribution in [3.8, 4) is 0 Å². The van der Waals surface area contributed by atoms with Crippen LogP contribution in [0.5, 0.6) is 0 Å². The average molecular weight is 142 g/mol. The largest absolute Gasteiger partial charge is 0.106 e. The molecule has 0 bridgehead atoms. The normalized spacial score (nSPS) is 14.6. The third-order valence-electron chi connectivity index (χ3n) is 1.44. The highest BCUT2D eigenvalue weighted by Crippen LogP contribution is 2.06. The van der Waals surface area contributed by atoms with Crippen molar-refractivity contribution in [2.24, 2.45) is 0 Å². The van der Waals surface area contributed by atoms with Crippen LogP contribution in [0.15, 0.2) is 0 Å². The highest BCUT2D eigenvalue weighted by molar-refractivity contribution is 6.48. The fourth-order valence-corrected chi connectivity index (χ4v) is 2.18. The second-order valence-corrected chi connectivity index (χ2v) is 4.60.